The number of ether oxygens (including phenoxy) is 1. The SMILES string of the molecule is CCC(=O)CCC1CCOC2(CCC2)C1. The zero-order valence-electron chi connectivity index (χ0n) is 9.76. The fourth-order valence-corrected chi connectivity index (χ4v) is 2.84. The van der Waals surface area contributed by atoms with Gasteiger partial charge in [-0.25, -0.2) is 0 Å². The van der Waals surface area contributed by atoms with Crippen LogP contribution in [0, 0.1) is 5.92 Å². The summed E-state index contributed by atoms with van der Waals surface area (Å²) in [5.74, 6) is 1.17. The van der Waals surface area contributed by atoms with E-state index >= 15 is 0 Å². The van der Waals surface area contributed by atoms with E-state index in [9.17, 15) is 4.79 Å². The molecule has 2 fully saturated rings. The van der Waals surface area contributed by atoms with Gasteiger partial charge in [0.15, 0.2) is 0 Å². The predicted molar refractivity (Wildman–Crippen MR) is 59.8 cm³/mol. The number of Topliss-reactive ketones (excluding diaryl/α,β-unsaturated/α-hetero) is 1. The minimum atomic E-state index is 0.248. The minimum Gasteiger partial charge on any atom is -0.375 e. The van der Waals surface area contributed by atoms with Crippen LogP contribution >= 0.6 is 0 Å². The van der Waals surface area contributed by atoms with Crippen molar-refractivity contribution in [3.63, 3.8) is 0 Å². The predicted octanol–water partition coefficient (Wildman–Crippen LogP) is 3.10. The number of hydrogen-bond donors (Lipinski definition) is 0. The molecule has 1 saturated heterocycles. The second-order valence-corrected chi connectivity index (χ2v) is 5.17. The minimum absolute atomic E-state index is 0.248. The molecule has 0 bridgehead atoms. The highest BCUT2D eigenvalue weighted by molar-refractivity contribution is 5.77. The van der Waals surface area contributed by atoms with Crippen LogP contribution < -0.4 is 0 Å². The van der Waals surface area contributed by atoms with Crippen LogP contribution in [0.5, 0.6) is 0 Å². The van der Waals surface area contributed by atoms with Crippen molar-refractivity contribution in [2.24, 2.45) is 5.92 Å². The standard InChI is InChI=1S/C13H22O2/c1-2-12(14)5-4-11-6-9-15-13(10-11)7-3-8-13/h11H,2-10H2,1H3. The molecule has 2 nitrogen and oxygen atoms in total. The first kappa shape index (κ1) is 11.1. The Bertz CT molecular complexity index is 231. The maximum absolute atomic E-state index is 11.3. The van der Waals surface area contributed by atoms with Crippen LogP contribution in [0.25, 0.3) is 0 Å². The summed E-state index contributed by atoms with van der Waals surface area (Å²) < 4.78 is 5.88. The van der Waals surface area contributed by atoms with Crippen LogP contribution in [0.3, 0.4) is 0 Å². The molecule has 1 unspecified atom stereocenters. The molecule has 1 saturated carbocycles. The Kier molecular flexibility index (Phi) is 3.45. The van der Waals surface area contributed by atoms with E-state index in [1.54, 1.807) is 0 Å². The first-order valence-electron chi connectivity index (χ1n) is 6.40. The lowest BCUT2D eigenvalue weighted by molar-refractivity contribution is -0.145. The summed E-state index contributed by atoms with van der Waals surface area (Å²) in [7, 11) is 0. The molecule has 0 aromatic heterocycles. The summed E-state index contributed by atoms with van der Waals surface area (Å²) in [6.07, 6.45) is 8.81. The Morgan fingerprint density at radius 1 is 1.47 bits per heavy atom. The van der Waals surface area contributed by atoms with Gasteiger partial charge in [0.05, 0.1) is 5.60 Å². The smallest absolute Gasteiger partial charge is 0.132 e. The van der Waals surface area contributed by atoms with E-state index in [2.05, 4.69) is 0 Å². The second kappa shape index (κ2) is 4.65. The number of hydrogen-bond acceptors (Lipinski definition) is 2. The van der Waals surface area contributed by atoms with Crippen molar-refractivity contribution in [3.8, 4) is 0 Å². The van der Waals surface area contributed by atoms with Crippen LogP contribution in [0.2, 0.25) is 0 Å². The lowest BCUT2D eigenvalue weighted by Gasteiger charge is -2.47. The van der Waals surface area contributed by atoms with Gasteiger partial charge < -0.3 is 4.74 Å². The van der Waals surface area contributed by atoms with Gasteiger partial charge in [-0.15, -0.1) is 0 Å². The van der Waals surface area contributed by atoms with Crippen molar-refractivity contribution in [1.82, 2.24) is 0 Å². The van der Waals surface area contributed by atoms with Gasteiger partial charge in [0.25, 0.3) is 0 Å². The van der Waals surface area contributed by atoms with E-state index < -0.39 is 0 Å². The maximum atomic E-state index is 11.3. The van der Waals surface area contributed by atoms with Gasteiger partial charge in [-0.1, -0.05) is 6.92 Å². The van der Waals surface area contributed by atoms with E-state index in [0.717, 1.165) is 25.4 Å². The molecular formula is C13H22O2. The molecule has 1 atom stereocenters. The largest absolute Gasteiger partial charge is 0.375 e. The van der Waals surface area contributed by atoms with Gasteiger partial charge in [-0.3, -0.25) is 4.79 Å². The van der Waals surface area contributed by atoms with Crippen molar-refractivity contribution in [2.45, 2.75) is 63.9 Å². The van der Waals surface area contributed by atoms with Crippen LogP contribution in [0.1, 0.15) is 58.3 Å². The average molecular weight is 210 g/mol. The summed E-state index contributed by atoms with van der Waals surface area (Å²) in [5.41, 5.74) is 0.248. The lowest BCUT2D eigenvalue weighted by Crippen LogP contribution is -2.45. The van der Waals surface area contributed by atoms with Crippen molar-refractivity contribution < 1.29 is 9.53 Å². The van der Waals surface area contributed by atoms with E-state index in [0.29, 0.717) is 12.2 Å². The van der Waals surface area contributed by atoms with Gasteiger partial charge in [-0.05, 0) is 44.4 Å². The summed E-state index contributed by atoms with van der Waals surface area (Å²) in [5, 5.41) is 0. The zero-order chi connectivity index (χ0) is 10.7. The molecule has 1 spiro atoms. The maximum Gasteiger partial charge on any atom is 0.132 e. The molecule has 2 rings (SSSR count). The fraction of sp³-hybridized carbons (Fsp3) is 0.923. The van der Waals surface area contributed by atoms with Crippen molar-refractivity contribution in [3.05, 3.63) is 0 Å². The highest BCUT2D eigenvalue weighted by Gasteiger charge is 2.42. The normalized spacial score (nSPS) is 28.7. The van der Waals surface area contributed by atoms with Crippen LogP contribution in [0.15, 0.2) is 0 Å². The molecule has 2 aliphatic rings. The molecule has 1 heterocycles. The summed E-state index contributed by atoms with van der Waals surface area (Å²) in [4.78, 5) is 11.3. The van der Waals surface area contributed by atoms with Crippen molar-refractivity contribution in [2.75, 3.05) is 6.61 Å². The molecule has 0 N–H and O–H groups in total. The third-order valence-corrected chi connectivity index (χ3v) is 4.09. The number of ketones is 1. The average Bonchev–Trinajstić information content (AvgIpc) is 2.24. The highest BCUT2D eigenvalue weighted by atomic mass is 16.5. The number of carbonyl (C=O) groups is 1. The Morgan fingerprint density at radius 2 is 2.27 bits per heavy atom. The quantitative estimate of drug-likeness (QED) is 0.712. The Labute approximate surface area is 92.4 Å². The summed E-state index contributed by atoms with van der Waals surface area (Å²) in [6, 6.07) is 0. The lowest BCUT2D eigenvalue weighted by atomic mass is 9.71. The Hall–Kier alpha value is -0.370. The Balaban J connectivity index is 1.75. The Morgan fingerprint density at radius 3 is 2.87 bits per heavy atom. The van der Waals surface area contributed by atoms with Gasteiger partial charge in [0, 0.05) is 19.4 Å². The van der Waals surface area contributed by atoms with Crippen molar-refractivity contribution in [1.29, 1.82) is 0 Å². The van der Waals surface area contributed by atoms with Crippen LogP contribution in [0.4, 0.5) is 0 Å². The second-order valence-electron chi connectivity index (χ2n) is 5.17. The van der Waals surface area contributed by atoms with E-state index in [1.807, 2.05) is 6.92 Å². The molecular weight excluding hydrogens is 188 g/mol. The molecule has 1 aliphatic heterocycles. The zero-order valence-corrected chi connectivity index (χ0v) is 9.76. The third-order valence-electron chi connectivity index (χ3n) is 4.09. The third kappa shape index (κ3) is 2.60. The van der Waals surface area contributed by atoms with Gasteiger partial charge in [0.2, 0.25) is 0 Å². The molecule has 86 valence electrons. The fourth-order valence-electron chi connectivity index (χ4n) is 2.84. The summed E-state index contributed by atoms with van der Waals surface area (Å²) in [6.45, 7) is 2.88. The molecule has 0 aromatic rings. The topological polar surface area (TPSA) is 26.3 Å². The molecule has 0 radical (unpaired) electrons. The van der Waals surface area contributed by atoms with Crippen molar-refractivity contribution >= 4 is 5.78 Å². The molecule has 0 amide bonds. The van der Waals surface area contributed by atoms with E-state index in [1.165, 1.54) is 32.1 Å². The molecule has 2 heteroatoms. The summed E-state index contributed by atoms with van der Waals surface area (Å²) >= 11 is 0. The monoisotopic (exact) mass is 210 g/mol. The highest BCUT2D eigenvalue weighted by Crippen LogP contribution is 2.45. The van der Waals surface area contributed by atoms with Gasteiger partial charge >= 0.3 is 0 Å². The van der Waals surface area contributed by atoms with Gasteiger partial charge in [-0.2, -0.15) is 0 Å². The molecule has 15 heavy (non-hydrogen) atoms. The first-order chi connectivity index (χ1) is 7.24. The number of rotatable bonds is 4. The van der Waals surface area contributed by atoms with Crippen LogP contribution in [-0.4, -0.2) is 18.0 Å². The van der Waals surface area contributed by atoms with E-state index in [-0.39, 0.29) is 5.60 Å². The first-order valence-corrected chi connectivity index (χ1v) is 6.40. The van der Waals surface area contributed by atoms with E-state index in [4.69, 9.17) is 4.74 Å². The van der Waals surface area contributed by atoms with Crippen LogP contribution in [-0.2, 0) is 9.53 Å². The molecule has 0 aromatic carbocycles. The van der Waals surface area contributed by atoms with Gasteiger partial charge in [0.1, 0.15) is 5.78 Å². The molecule has 1 aliphatic carbocycles. The number of carbonyl (C=O) groups excluding carboxylic acids is 1.